The highest BCUT2D eigenvalue weighted by Crippen LogP contribution is 2.44. The predicted molar refractivity (Wildman–Crippen MR) is 146 cm³/mol. The van der Waals surface area contributed by atoms with Crippen LogP contribution in [0.15, 0.2) is 107 Å². The van der Waals surface area contributed by atoms with E-state index in [1.807, 2.05) is 60.7 Å². The minimum absolute atomic E-state index is 0.00354. The van der Waals surface area contributed by atoms with Crippen molar-refractivity contribution in [2.45, 2.75) is 31.2 Å². The van der Waals surface area contributed by atoms with Crippen molar-refractivity contribution in [2.75, 3.05) is 5.75 Å². The molecule has 0 fully saturated rings. The van der Waals surface area contributed by atoms with Crippen LogP contribution >= 0.6 is 11.8 Å². The van der Waals surface area contributed by atoms with Gasteiger partial charge in [-0.2, -0.15) is 5.26 Å². The molecule has 0 unspecified atom stereocenters. The third-order valence-corrected chi connectivity index (χ3v) is 7.80. The molecule has 1 atom stereocenters. The van der Waals surface area contributed by atoms with E-state index in [9.17, 15) is 19.2 Å². The van der Waals surface area contributed by atoms with Crippen LogP contribution in [0.4, 0.5) is 4.39 Å². The lowest BCUT2D eigenvalue weighted by atomic mass is 9.77. The number of carbonyl (C=O) groups excluding carboxylic acids is 2. The van der Waals surface area contributed by atoms with Gasteiger partial charge in [0.1, 0.15) is 5.82 Å². The molecule has 2 N–H and O–H groups in total. The Hall–Kier alpha value is -4.15. The van der Waals surface area contributed by atoms with Gasteiger partial charge in [-0.3, -0.25) is 9.59 Å². The first-order valence-corrected chi connectivity index (χ1v) is 13.5. The largest absolute Gasteiger partial charge is 0.352 e. The van der Waals surface area contributed by atoms with E-state index in [4.69, 9.17) is 0 Å². The standard InChI is InChI=1S/C31H26FN3O2S/c32-23-16-14-20(15-17-23)28-24(18-33)31(34-25-12-7-13-26(36)29(25)28)38-19-27(37)35-30(21-8-3-1-4-9-21)22-10-5-2-6-11-22/h1-6,8-11,14-17,28,30,34H,7,12-13,19H2,(H,35,37)/t28-/m0/s1. The smallest absolute Gasteiger partial charge is 0.231 e. The molecule has 7 heteroatoms. The Bertz CT molecular complexity index is 1400. The fourth-order valence-electron chi connectivity index (χ4n) is 5.02. The molecule has 190 valence electrons. The summed E-state index contributed by atoms with van der Waals surface area (Å²) < 4.78 is 13.7. The van der Waals surface area contributed by atoms with Gasteiger partial charge in [-0.1, -0.05) is 84.6 Å². The molecule has 2 aliphatic rings. The van der Waals surface area contributed by atoms with Gasteiger partial charge in [0.15, 0.2) is 5.78 Å². The highest BCUT2D eigenvalue weighted by atomic mass is 32.2. The molecule has 3 aromatic rings. The van der Waals surface area contributed by atoms with Crippen LogP contribution in [-0.4, -0.2) is 17.4 Å². The number of benzene rings is 3. The van der Waals surface area contributed by atoms with Crippen LogP contribution in [0.3, 0.4) is 0 Å². The number of dihydropyridines is 1. The molecule has 0 bridgehead atoms. The first-order valence-electron chi connectivity index (χ1n) is 12.5. The van der Waals surface area contributed by atoms with E-state index in [-0.39, 0.29) is 29.3 Å². The first-order chi connectivity index (χ1) is 18.5. The normalized spacial score (nSPS) is 17.1. The summed E-state index contributed by atoms with van der Waals surface area (Å²) in [7, 11) is 0. The molecule has 1 amide bonds. The lowest BCUT2D eigenvalue weighted by molar-refractivity contribution is -0.119. The fourth-order valence-corrected chi connectivity index (χ4v) is 5.89. The summed E-state index contributed by atoms with van der Waals surface area (Å²) in [5.41, 5.74) is 4.34. The molecule has 1 heterocycles. The number of carbonyl (C=O) groups is 2. The molecular weight excluding hydrogens is 497 g/mol. The summed E-state index contributed by atoms with van der Waals surface area (Å²) in [6.07, 6.45) is 1.82. The van der Waals surface area contributed by atoms with Crippen molar-refractivity contribution in [2.24, 2.45) is 0 Å². The molecule has 38 heavy (non-hydrogen) atoms. The molecule has 0 saturated heterocycles. The molecule has 5 rings (SSSR count). The summed E-state index contributed by atoms with van der Waals surface area (Å²) in [6.45, 7) is 0. The van der Waals surface area contributed by atoms with E-state index in [0.717, 1.165) is 23.2 Å². The summed E-state index contributed by atoms with van der Waals surface area (Å²) in [5.74, 6) is -1.08. The zero-order chi connectivity index (χ0) is 26.5. The van der Waals surface area contributed by atoms with Crippen LogP contribution < -0.4 is 10.6 Å². The highest BCUT2D eigenvalue weighted by molar-refractivity contribution is 8.03. The number of rotatable bonds is 7. The first kappa shape index (κ1) is 25.5. The lowest BCUT2D eigenvalue weighted by Gasteiger charge is -2.33. The number of amides is 1. The lowest BCUT2D eigenvalue weighted by Crippen LogP contribution is -2.33. The van der Waals surface area contributed by atoms with Crippen molar-refractivity contribution in [3.05, 3.63) is 129 Å². The number of halogens is 1. The molecule has 1 aliphatic carbocycles. The van der Waals surface area contributed by atoms with Crippen LogP contribution in [0, 0.1) is 17.1 Å². The monoisotopic (exact) mass is 523 g/mol. The van der Waals surface area contributed by atoms with E-state index in [1.54, 1.807) is 12.1 Å². The van der Waals surface area contributed by atoms with Crippen LogP contribution in [0.25, 0.3) is 0 Å². The van der Waals surface area contributed by atoms with Crippen LogP contribution in [0.1, 0.15) is 47.9 Å². The maximum atomic E-state index is 13.7. The highest BCUT2D eigenvalue weighted by Gasteiger charge is 2.37. The third kappa shape index (κ3) is 5.41. The Balaban J connectivity index is 1.40. The van der Waals surface area contributed by atoms with Crippen molar-refractivity contribution in [1.29, 1.82) is 5.26 Å². The third-order valence-electron chi connectivity index (χ3n) is 6.79. The van der Waals surface area contributed by atoms with Gasteiger partial charge in [0.2, 0.25) is 5.91 Å². The summed E-state index contributed by atoms with van der Waals surface area (Å²) in [5, 5.41) is 17.1. The number of allylic oxidation sites excluding steroid dienone is 3. The van der Waals surface area contributed by atoms with E-state index in [2.05, 4.69) is 16.7 Å². The quantitative estimate of drug-likeness (QED) is 0.403. The Labute approximate surface area is 225 Å². The second-order valence-electron chi connectivity index (χ2n) is 9.24. The van der Waals surface area contributed by atoms with Gasteiger partial charge < -0.3 is 10.6 Å². The summed E-state index contributed by atoms with van der Waals surface area (Å²) in [6, 6.07) is 27.4. The number of nitriles is 1. The minimum Gasteiger partial charge on any atom is -0.352 e. The van der Waals surface area contributed by atoms with E-state index in [1.165, 1.54) is 23.9 Å². The second-order valence-corrected chi connectivity index (χ2v) is 10.2. The maximum absolute atomic E-state index is 13.7. The van der Waals surface area contributed by atoms with Crippen LogP contribution in [-0.2, 0) is 9.59 Å². The fraction of sp³-hybridized carbons (Fsp3) is 0.194. The molecule has 0 saturated carbocycles. The topological polar surface area (TPSA) is 82.0 Å². The number of hydrogen-bond acceptors (Lipinski definition) is 5. The average molecular weight is 524 g/mol. The van der Waals surface area contributed by atoms with E-state index >= 15 is 0 Å². The van der Waals surface area contributed by atoms with Crippen LogP contribution in [0.5, 0.6) is 0 Å². The molecule has 1 aliphatic heterocycles. The zero-order valence-electron chi connectivity index (χ0n) is 20.6. The second kappa shape index (κ2) is 11.5. The molecule has 0 spiro atoms. The van der Waals surface area contributed by atoms with E-state index < -0.39 is 5.92 Å². The Morgan fingerprint density at radius 2 is 1.63 bits per heavy atom. The van der Waals surface area contributed by atoms with Crippen molar-refractivity contribution < 1.29 is 14.0 Å². The molecular formula is C31H26FN3O2S. The molecule has 5 nitrogen and oxygen atoms in total. The van der Waals surface area contributed by atoms with Gasteiger partial charge in [-0.15, -0.1) is 0 Å². The maximum Gasteiger partial charge on any atom is 0.231 e. The van der Waals surface area contributed by atoms with E-state index in [0.29, 0.717) is 34.6 Å². The Kier molecular flexibility index (Phi) is 7.71. The van der Waals surface area contributed by atoms with Crippen molar-refractivity contribution in [1.82, 2.24) is 10.6 Å². The van der Waals surface area contributed by atoms with Gasteiger partial charge >= 0.3 is 0 Å². The van der Waals surface area contributed by atoms with Gasteiger partial charge in [0.05, 0.1) is 34.4 Å². The van der Waals surface area contributed by atoms with Gasteiger partial charge in [-0.05, 0) is 41.7 Å². The van der Waals surface area contributed by atoms with Gasteiger partial charge in [0.25, 0.3) is 0 Å². The van der Waals surface area contributed by atoms with Crippen molar-refractivity contribution >= 4 is 23.5 Å². The number of thioether (sulfide) groups is 1. The summed E-state index contributed by atoms with van der Waals surface area (Å²) in [4.78, 5) is 26.1. The number of nitrogens with zero attached hydrogens (tertiary/aromatic N) is 1. The molecule has 0 radical (unpaired) electrons. The molecule has 3 aromatic carbocycles. The number of nitrogens with one attached hydrogen (secondary N) is 2. The van der Waals surface area contributed by atoms with Crippen molar-refractivity contribution in [3.63, 3.8) is 0 Å². The minimum atomic E-state index is -0.586. The SMILES string of the molecule is N#CC1=C(SCC(=O)NC(c2ccccc2)c2ccccc2)NC2=C(C(=O)CCC2)[C@H]1c1ccc(F)cc1. The van der Waals surface area contributed by atoms with Crippen LogP contribution in [0.2, 0.25) is 0 Å². The number of Topliss-reactive ketones (excluding diaryl/α,β-unsaturated/α-hetero) is 1. The zero-order valence-corrected chi connectivity index (χ0v) is 21.4. The summed E-state index contributed by atoms with van der Waals surface area (Å²) >= 11 is 1.24. The van der Waals surface area contributed by atoms with Gasteiger partial charge in [-0.25, -0.2) is 4.39 Å². The van der Waals surface area contributed by atoms with Gasteiger partial charge in [0, 0.05) is 17.7 Å². The average Bonchev–Trinajstić information content (AvgIpc) is 2.95. The van der Waals surface area contributed by atoms with Crippen molar-refractivity contribution in [3.8, 4) is 6.07 Å². The number of ketones is 1. The Morgan fingerprint density at radius 3 is 2.24 bits per heavy atom. The Morgan fingerprint density at radius 1 is 1.00 bits per heavy atom. The molecule has 0 aromatic heterocycles. The predicted octanol–water partition coefficient (Wildman–Crippen LogP) is 5.89. The number of hydrogen-bond donors (Lipinski definition) is 2.